The minimum Gasteiger partial charge on any atom is -0.330 e. The fourth-order valence-electron chi connectivity index (χ4n) is 4.60. The van der Waals surface area contributed by atoms with E-state index in [1.807, 2.05) is 40.6 Å². The molecule has 2 aromatic carbocycles. The van der Waals surface area contributed by atoms with Crippen LogP contribution >= 0.6 is 11.3 Å². The Labute approximate surface area is 210 Å². The zero-order chi connectivity index (χ0) is 24.8. The van der Waals surface area contributed by atoms with Crippen LogP contribution in [0.15, 0.2) is 72.6 Å². The Morgan fingerprint density at radius 3 is 2.57 bits per heavy atom. The zero-order valence-corrected chi connectivity index (χ0v) is 20.9. The molecule has 4 rings (SSSR count). The summed E-state index contributed by atoms with van der Waals surface area (Å²) < 4.78 is 13.6. The van der Waals surface area contributed by atoms with Crippen LogP contribution in [-0.2, 0) is 17.6 Å². The first-order valence-corrected chi connectivity index (χ1v) is 13.0. The standard InChI is InChI=1S/C29H31FN2O2S/c1-3-5-6-21-7-9-23(10-8-21)29(34)31(17-4-2)20-27(33)32-18-15-26-25(16-19-35-26)28(32)22-11-13-24(30)14-12-22/h4,7-14,16,19,28H,2-3,5-6,15,17-18,20H2,1H3. The van der Waals surface area contributed by atoms with Crippen molar-refractivity contribution >= 4 is 23.2 Å². The molecule has 182 valence electrons. The lowest BCUT2D eigenvalue weighted by Crippen LogP contribution is -2.46. The van der Waals surface area contributed by atoms with Crippen molar-refractivity contribution in [2.75, 3.05) is 19.6 Å². The number of carbonyl (C=O) groups excluding carboxylic acids is 2. The normalized spacial score (nSPS) is 14.9. The number of carbonyl (C=O) groups is 2. The molecule has 0 aliphatic carbocycles. The molecule has 4 nitrogen and oxygen atoms in total. The molecule has 0 saturated carbocycles. The van der Waals surface area contributed by atoms with E-state index in [1.165, 1.54) is 22.6 Å². The second-order valence-electron chi connectivity index (χ2n) is 8.87. The van der Waals surface area contributed by atoms with Crippen molar-refractivity contribution in [3.8, 4) is 0 Å². The van der Waals surface area contributed by atoms with Crippen molar-refractivity contribution in [3.05, 3.63) is 106 Å². The predicted octanol–water partition coefficient (Wildman–Crippen LogP) is 6.03. The highest BCUT2D eigenvalue weighted by Gasteiger charge is 2.34. The molecule has 2 amide bonds. The van der Waals surface area contributed by atoms with Gasteiger partial charge in [0.1, 0.15) is 12.4 Å². The summed E-state index contributed by atoms with van der Waals surface area (Å²) in [7, 11) is 0. The third-order valence-electron chi connectivity index (χ3n) is 6.45. The van der Waals surface area contributed by atoms with Gasteiger partial charge in [-0.25, -0.2) is 4.39 Å². The van der Waals surface area contributed by atoms with Gasteiger partial charge < -0.3 is 9.80 Å². The highest BCUT2D eigenvalue weighted by Crippen LogP contribution is 2.38. The number of unbranched alkanes of at least 4 members (excludes halogenated alkanes) is 1. The maximum Gasteiger partial charge on any atom is 0.254 e. The lowest BCUT2D eigenvalue weighted by molar-refractivity contribution is -0.133. The summed E-state index contributed by atoms with van der Waals surface area (Å²) in [6, 6.07) is 15.7. The van der Waals surface area contributed by atoms with E-state index < -0.39 is 0 Å². The Bertz CT molecular complexity index is 1170. The molecule has 2 heterocycles. The molecular formula is C29H31FN2O2S. The third kappa shape index (κ3) is 5.70. The molecule has 35 heavy (non-hydrogen) atoms. The molecule has 1 unspecified atom stereocenters. The minimum absolute atomic E-state index is 0.0421. The first kappa shape index (κ1) is 24.9. The molecular weight excluding hydrogens is 459 g/mol. The van der Waals surface area contributed by atoms with E-state index in [-0.39, 0.29) is 36.8 Å². The van der Waals surface area contributed by atoms with Gasteiger partial charge in [-0.3, -0.25) is 9.59 Å². The summed E-state index contributed by atoms with van der Waals surface area (Å²) in [5, 5.41) is 2.03. The Morgan fingerprint density at radius 1 is 1.14 bits per heavy atom. The summed E-state index contributed by atoms with van der Waals surface area (Å²) in [5.74, 6) is -0.630. The predicted molar refractivity (Wildman–Crippen MR) is 139 cm³/mol. The molecule has 1 aromatic heterocycles. The zero-order valence-electron chi connectivity index (χ0n) is 20.1. The number of aryl methyl sites for hydroxylation is 1. The van der Waals surface area contributed by atoms with Crippen molar-refractivity contribution in [3.63, 3.8) is 0 Å². The Morgan fingerprint density at radius 2 is 1.89 bits per heavy atom. The molecule has 1 aliphatic rings. The number of benzene rings is 2. The highest BCUT2D eigenvalue weighted by molar-refractivity contribution is 7.10. The van der Waals surface area contributed by atoms with E-state index in [9.17, 15) is 14.0 Å². The quantitative estimate of drug-likeness (QED) is 0.344. The summed E-state index contributed by atoms with van der Waals surface area (Å²) in [4.78, 5) is 31.5. The van der Waals surface area contributed by atoms with Crippen LogP contribution in [0.4, 0.5) is 4.39 Å². The third-order valence-corrected chi connectivity index (χ3v) is 7.45. The highest BCUT2D eigenvalue weighted by atomic mass is 32.1. The van der Waals surface area contributed by atoms with Gasteiger partial charge in [0, 0.05) is 23.5 Å². The van der Waals surface area contributed by atoms with Gasteiger partial charge in [-0.2, -0.15) is 0 Å². The van der Waals surface area contributed by atoms with Crippen molar-refractivity contribution < 1.29 is 14.0 Å². The van der Waals surface area contributed by atoms with Gasteiger partial charge in [-0.15, -0.1) is 17.9 Å². The smallest absolute Gasteiger partial charge is 0.254 e. The van der Waals surface area contributed by atoms with Crippen molar-refractivity contribution in [2.24, 2.45) is 0 Å². The Balaban J connectivity index is 1.55. The van der Waals surface area contributed by atoms with Crippen LogP contribution in [-0.4, -0.2) is 41.2 Å². The van der Waals surface area contributed by atoms with Gasteiger partial charge in [0.2, 0.25) is 5.91 Å². The maximum atomic E-state index is 13.6. The van der Waals surface area contributed by atoms with Gasteiger partial charge in [-0.05, 0) is 71.7 Å². The van der Waals surface area contributed by atoms with Crippen molar-refractivity contribution in [1.29, 1.82) is 0 Å². The largest absolute Gasteiger partial charge is 0.330 e. The number of fused-ring (bicyclic) bond motifs is 1. The number of halogens is 1. The maximum absolute atomic E-state index is 13.6. The lowest BCUT2D eigenvalue weighted by Gasteiger charge is -2.37. The molecule has 3 aromatic rings. The summed E-state index contributed by atoms with van der Waals surface area (Å²) >= 11 is 1.68. The van der Waals surface area contributed by atoms with E-state index in [0.29, 0.717) is 12.1 Å². The van der Waals surface area contributed by atoms with Gasteiger partial charge in [-0.1, -0.05) is 43.7 Å². The van der Waals surface area contributed by atoms with Gasteiger partial charge in [0.25, 0.3) is 5.91 Å². The average molecular weight is 491 g/mol. The monoisotopic (exact) mass is 490 g/mol. The molecule has 0 fully saturated rings. The Kier molecular flexibility index (Phi) is 8.13. The summed E-state index contributed by atoms with van der Waals surface area (Å²) in [5.41, 5.74) is 3.71. The van der Waals surface area contributed by atoms with Crippen LogP contribution in [0.5, 0.6) is 0 Å². The van der Waals surface area contributed by atoms with Crippen LogP contribution < -0.4 is 0 Å². The van der Waals surface area contributed by atoms with Crippen molar-refractivity contribution in [1.82, 2.24) is 9.80 Å². The molecule has 0 spiro atoms. The molecule has 1 atom stereocenters. The van der Waals surface area contributed by atoms with Crippen LogP contribution in [0.2, 0.25) is 0 Å². The van der Waals surface area contributed by atoms with Crippen LogP contribution in [0.3, 0.4) is 0 Å². The van der Waals surface area contributed by atoms with Crippen molar-refractivity contribution in [2.45, 2.75) is 38.6 Å². The minimum atomic E-state index is -0.309. The number of thiophene rings is 1. The van der Waals surface area contributed by atoms with Crippen LogP contribution in [0.25, 0.3) is 0 Å². The molecule has 0 N–H and O–H groups in total. The van der Waals surface area contributed by atoms with Crippen LogP contribution in [0.1, 0.15) is 57.7 Å². The second-order valence-corrected chi connectivity index (χ2v) is 9.87. The summed E-state index contributed by atoms with van der Waals surface area (Å²) in [6.45, 7) is 6.73. The number of nitrogens with zero attached hydrogens (tertiary/aromatic N) is 2. The van der Waals surface area contributed by atoms with Crippen LogP contribution in [0, 0.1) is 5.82 Å². The average Bonchev–Trinajstić information content (AvgIpc) is 3.36. The van der Waals surface area contributed by atoms with E-state index in [0.717, 1.165) is 36.8 Å². The fraction of sp³-hybridized carbons (Fsp3) is 0.310. The number of amides is 2. The van der Waals surface area contributed by atoms with E-state index >= 15 is 0 Å². The summed E-state index contributed by atoms with van der Waals surface area (Å²) in [6.07, 6.45) is 5.64. The van der Waals surface area contributed by atoms with Gasteiger partial charge in [0.15, 0.2) is 0 Å². The number of rotatable bonds is 9. The topological polar surface area (TPSA) is 40.6 Å². The van der Waals surface area contributed by atoms with E-state index in [2.05, 4.69) is 13.5 Å². The molecule has 0 saturated heterocycles. The lowest BCUT2D eigenvalue weighted by atomic mass is 9.93. The molecule has 6 heteroatoms. The fourth-order valence-corrected chi connectivity index (χ4v) is 5.50. The first-order valence-electron chi connectivity index (χ1n) is 12.1. The first-order chi connectivity index (χ1) is 17.0. The molecule has 0 bridgehead atoms. The second kappa shape index (κ2) is 11.5. The Hall–Kier alpha value is -3.25. The SMILES string of the molecule is C=CCN(CC(=O)N1CCc2sccc2C1c1ccc(F)cc1)C(=O)c1ccc(CCCC)cc1. The van der Waals surface area contributed by atoms with E-state index in [1.54, 1.807) is 34.4 Å². The number of hydrogen-bond donors (Lipinski definition) is 0. The van der Waals surface area contributed by atoms with Gasteiger partial charge >= 0.3 is 0 Å². The molecule has 1 aliphatic heterocycles. The van der Waals surface area contributed by atoms with Gasteiger partial charge in [0.05, 0.1) is 6.04 Å². The van der Waals surface area contributed by atoms with E-state index in [4.69, 9.17) is 0 Å². The molecule has 0 radical (unpaired) electrons. The number of hydrogen-bond acceptors (Lipinski definition) is 3.